The van der Waals surface area contributed by atoms with Crippen molar-refractivity contribution in [2.24, 2.45) is 0 Å². The maximum atomic E-state index is 12.5. The SMILES string of the molecule is COc1ccc2c(c1)C(=O)N1CCC[C@H]1C(=O)C2. The fraction of sp³-hybridized carbons (Fsp3) is 0.429. The van der Waals surface area contributed by atoms with Gasteiger partial charge in [-0.25, -0.2) is 0 Å². The van der Waals surface area contributed by atoms with Crippen LogP contribution in [0.5, 0.6) is 5.75 Å². The van der Waals surface area contributed by atoms with Crippen LogP contribution in [0.15, 0.2) is 18.2 Å². The highest BCUT2D eigenvalue weighted by molar-refractivity contribution is 6.03. The van der Waals surface area contributed by atoms with Gasteiger partial charge in [0.25, 0.3) is 5.91 Å². The fourth-order valence-electron chi connectivity index (χ4n) is 2.84. The number of carbonyl (C=O) groups excluding carboxylic acids is 2. The molecular weight excluding hydrogens is 230 g/mol. The molecule has 4 nitrogen and oxygen atoms in total. The molecule has 0 unspecified atom stereocenters. The van der Waals surface area contributed by atoms with E-state index in [0.29, 0.717) is 24.3 Å². The maximum absolute atomic E-state index is 12.5. The summed E-state index contributed by atoms with van der Waals surface area (Å²) < 4.78 is 5.15. The largest absolute Gasteiger partial charge is 0.497 e. The third-order valence-corrected chi connectivity index (χ3v) is 3.80. The zero-order chi connectivity index (χ0) is 12.7. The summed E-state index contributed by atoms with van der Waals surface area (Å²) in [6.07, 6.45) is 2.07. The lowest BCUT2D eigenvalue weighted by Crippen LogP contribution is -2.38. The van der Waals surface area contributed by atoms with Gasteiger partial charge in [-0.2, -0.15) is 0 Å². The predicted molar refractivity (Wildman–Crippen MR) is 65.8 cm³/mol. The summed E-state index contributed by atoms with van der Waals surface area (Å²) in [5.41, 5.74) is 1.44. The average molecular weight is 245 g/mol. The average Bonchev–Trinajstić information content (AvgIpc) is 2.84. The summed E-state index contributed by atoms with van der Waals surface area (Å²) in [6.45, 7) is 0.686. The number of benzene rings is 1. The highest BCUT2D eigenvalue weighted by Crippen LogP contribution is 2.29. The molecule has 1 aromatic carbocycles. The molecule has 0 saturated carbocycles. The van der Waals surface area contributed by atoms with Crippen LogP contribution in [0.25, 0.3) is 0 Å². The Morgan fingerprint density at radius 1 is 1.33 bits per heavy atom. The Labute approximate surface area is 106 Å². The number of amides is 1. The molecule has 94 valence electrons. The van der Waals surface area contributed by atoms with E-state index in [4.69, 9.17) is 4.74 Å². The molecule has 2 heterocycles. The molecule has 18 heavy (non-hydrogen) atoms. The summed E-state index contributed by atoms with van der Waals surface area (Å²) >= 11 is 0. The summed E-state index contributed by atoms with van der Waals surface area (Å²) in [6, 6.07) is 5.16. The van der Waals surface area contributed by atoms with Crippen LogP contribution in [-0.4, -0.2) is 36.3 Å². The Hall–Kier alpha value is -1.84. The van der Waals surface area contributed by atoms with Crippen molar-refractivity contribution in [1.29, 1.82) is 0 Å². The van der Waals surface area contributed by atoms with Crippen molar-refractivity contribution in [2.45, 2.75) is 25.3 Å². The first-order valence-electron chi connectivity index (χ1n) is 6.21. The van der Waals surface area contributed by atoms with Crippen molar-refractivity contribution in [3.63, 3.8) is 0 Å². The van der Waals surface area contributed by atoms with E-state index in [-0.39, 0.29) is 17.7 Å². The Morgan fingerprint density at radius 3 is 2.94 bits per heavy atom. The highest BCUT2D eigenvalue weighted by atomic mass is 16.5. The molecule has 1 fully saturated rings. The van der Waals surface area contributed by atoms with Crippen LogP contribution in [0.1, 0.15) is 28.8 Å². The van der Waals surface area contributed by atoms with E-state index in [1.165, 1.54) is 0 Å². The number of ether oxygens (including phenoxy) is 1. The second kappa shape index (κ2) is 4.12. The predicted octanol–water partition coefficient (Wildman–Crippen LogP) is 1.43. The number of Topliss-reactive ketones (excluding diaryl/α,β-unsaturated/α-hetero) is 1. The molecule has 0 aliphatic carbocycles. The Kier molecular flexibility index (Phi) is 2.58. The normalized spacial score (nSPS) is 22.5. The van der Waals surface area contributed by atoms with Crippen molar-refractivity contribution in [2.75, 3.05) is 13.7 Å². The Bertz CT molecular complexity index is 524. The van der Waals surface area contributed by atoms with Crippen molar-refractivity contribution in [3.8, 4) is 5.75 Å². The lowest BCUT2D eigenvalue weighted by atomic mass is 10.0. The van der Waals surface area contributed by atoms with E-state index in [1.807, 2.05) is 6.07 Å². The third-order valence-electron chi connectivity index (χ3n) is 3.80. The topological polar surface area (TPSA) is 46.6 Å². The first kappa shape index (κ1) is 11.3. The molecular formula is C14H15NO3. The van der Waals surface area contributed by atoms with Crippen LogP contribution < -0.4 is 4.74 Å². The lowest BCUT2D eigenvalue weighted by molar-refractivity contribution is -0.121. The van der Waals surface area contributed by atoms with Crippen molar-refractivity contribution < 1.29 is 14.3 Å². The first-order valence-corrected chi connectivity index (χ1v) is 6.21. The number of methoxy groups -OCH3 is 1. The second-order valence-electron chi connectivity index (χ2n) is 4.82. The Morgan fingerprint density at radius 2 is 2.17 bits per heavy atom. The van der Waals surface area contributed by atoms with Crippen LogP contribution in [-0.2, 0) is 11.2 Å². The van der Waals surface area contributed by atoms with Crippen LogP contribution in [0, 0.1) is 0 Å². The standard InChI is InChI=1S/C14H15NO3/c1-18-10-5-4-9-7-13(16)12-3-2-6-15(12)14(17)11(9)8-10/h4-5,8,12H,2-3,6-7H2,1H3/t12-/m0/s1. The van der Waals surface area contributed by atoms with E-state index >= 15 is 0 Å². The molecule has 2 aliphatic rings. The van der Waals surface area contributed by atoms with Crippen molar-refractivity contribution in [3.05, 3.63) is 29.3 Å². The summed E-state index contributed by atoms with van der Waals surface area (Å²) in [5, 5.41) is 0. The Balaban J connectivity index is 2.09. The number of hydrogen-bond acceptors (Lipinski definition) is 3. The minimum Gasteiger partial charge on any atom is -0.497 e. The highest BCUT2D eigenvalue weighted by Gasteiger charge is 2.38. The molecule has 0 N–H and O–H groups in total. The lowest BCUT2D eigenvalue weighted by Gasteiger charge is -2.20. The van der Waals surface area contributed by atoms with E-state index in [0.717, 1.165) is 18.4 Å². The van der Waals surface area contributed by atoms with Gasteiger partial charge in [0.2, 0.25) is 0 Å². The van der Waals surface area contributed by atoms with Crippen molar-refractivity contribution in [1.82, 2.24) is 4.90 Å². The number of carbonyl (C=O) groups is 2. The van der Waals surface area contributed by atoms with E-state index < -0.39 is 0 Å². The van der Waals surface area contributed by atoms with Crippen LogP contribution in [0.3, 0.4) is 0 Å². The number of fused-ring (bicyclic) bond motifs is 2. The minimum atomic E-state index is -0.212. The number of rotatable bonds is 1. The number of hydrogen-bond donors (Lipinski definition) is 0. The molecule has 0 spiro atoms. The third kappa shape index (κ3) is 1.60. The molecule has 1 aromatic rings. The van der Waals surface area contributed by atoms with E-state index in [9.17, 15) is 9.59 Å². The molecule has 4 heteroatoms. The minimum absolute atomic E-state index is 0.0303. The molecule has 2 aliphatic heterocycles. The zero-order valence-corrected chi connectivity index (χ0v) is 10.3. The van der Waals surface area contributed by atoms with Gasteiger partial charge < -0.3 is 9.64 Å². The summed E-state index contributed by atoms with van der Waals surface area (Å²) in [4.78, 5) is 26.3. The molecule has 1 amide bonds. The fourth-order valence-corrected chi connectivity index (χ4v) is 2.84. The molecule has 0 bridgehead atoms. The van der Waals surface area contributed by atoms with Gasteiger partial charge in [-0.1, -0.05) is 6.07 Å². The van der Waals surface area contributed by atoms with Gasteiger partial charge >= 0.3 is 0 Å². The van der Waals surface area contributed by atoms with Crippen LogP contribution >= 0.6 is 0 Å². The van der Waals surface area contributed by atoms with Crippen molar-refractivity contribution >= 4 is 11.7 Å². The van der Waals surface area contributed by atoms with Crippen LogP contribution in [0.2, 0.25) is 0 Å². The smallest absolute Gasteiger partial charge is 0.254 e. The van der Waals surface area contributed by atoms with Crippen LogP contribution in [0.4, 0.5) is 0 Å². The second-order valence-corrected chi connectivity index (χ2v) is 4.82. The zero-order valence-electron chi connectivity index (χ0n) is 10.3. The summed E-state index contributed by atoms with van der Waals surface area (Å²) in [5.74, 6) is 0.786. The first-order chi connectivity index (χ1) is 8.70. The van der Waals surface area contributed by atoms with Gasteiger partial charge in [-0.3, -0.25) is 9.59 Å². The molecule has 1 saturated heterocycles. The van der Waals surface area contributed by atoms with Gasteiger partial charge in [-0.05, 0) is 30.5 Å². The van der Waals surface area contributed by atoms with E-state index in [1.54, 1.807) is 24.1 Å². The summed E-state index contributed by atoms with van der Waals surface area (Å²) in [7, 11) is 1.58. The molecule has 3 rings (SSSR count). The van der Waals surface area contributed by atoms with Gasteiger partial charge in [0.15, 0.2) is 5.78 Å². The molecule has 0 aromatic heterocycles. The number of ketones is 1. The molecule has 1 atom stereocenters. The van der Waals surface area contributed by atoms with Gasteiger partial charge in [0.05, 0.1) is 13.2 Å². The molecule has 0 radical (unpaired) electrons. The maximum Gasteiger partial charge on any atom is 0.254 e. The monoisotopic (exact) mass is 245 g/mol. The quantitative estimate of drug-likeness (QED) is 0.752. The van der Waals surface area contributed by atoms with Gasteiger partial charge in [0.1, 0.15) is 5.75 Å². The van der Waals surface area contributed by atoms with Gasteiger partial charge in [0, 0.05) is 18.5 Å². The van der Waals surface area contributed by atoms with Gasteiger partial charge in [-0.15, -0.1) is 0 Å². The number of nitrogens with zero attached hydrogens (tertiary/aromatic N) is 1. The van der Waals surface area contributed by atoms with E-state index in [2.05, 4.69) is 0 Å².